The molecule has 3 aromatic carbocycles. The van der Waals surface area contributed by atoms with E-state index in [0.717, 1.165) is 68.2 Å². The SMILES string of the molecule is Cc1cnc(N2CC3(CCOCC3)C2)c(C(=O)Nc2ccc(C(=O)N3CCc4c(sc(C(=O)Nc5c(F)cccc5F)c4Cl)-c4ccccc43)cc2)c1. The van der Waals surface area contributed by atoms with Gasteiger partial charge in [-0.25, -0.2) is 13.8 Å². The van der Waals surface area contributed by atoms with Crippen molar-refractivity contribution < 1.29 is 27.9 Å². The van der Waals surface area contributed by atoms with E-state index in [-0.39, 0.29) is 33.7 Å². The van der Waals surface area contributed by atoms with Gasteiger partial charge in [0.1, 0.15) is 28.0 Å². The number of thiophene rings is 1. The molecule has 3 aliphatic heterocycles. The third-order valence-corrected chi connectivity index (χ3v) is 12.0. The molecule has 3 amide bonds. The number of benzene rings is 3. The third kappa shape index (κ3) is 6.55. The minimum atomic E-state index is -0.897. The summed E-state index contributed by atoms with van der Waals surface area (Å²) in [6.45, 7) is 5.38. The summed E-state index contributed by atoms with van der Waals surface area (Å²) in [6.07, 6.45) is 4.13. The van der Waals surface area contributed by atoms with E-state index in [4.69, 9.17) is 16.3 Å². The number of halogens is 3. The number of nitrogens with zero attached hydrogens (tertiary/aromatic N) is 3. The normalized spacial score (nSPS) is 15.9. The number of pyridine rings is 1. The van der Waals surface area contributed by atoms with Gasteiger partial charge in [-0.2, -0.15) is 0 Å². The van der Waals surface area contributed by atoms with Gasteiger partial charge in [0.25, 0.3) is 17.7 Å². The number of amides is 3. The third-order valence-electron chi connectivity index (χ3n) is 10.2. The Bertz CT molecular complexity index is 2250. The molecule has 2 N–H and O–H groups in total. The largest absolute Gasteiger partial charge is 0.381 e. The maximum Gasteiger partial charge on any atom is 0.267 e. The first-order valence-corrected chi connectivity index (χ1v) is 18.5. The van der Waals surface area contributed by atoms with Crippen LogP contribution in [0.25, 0.3) is 10.4 Å². The van der Waals surface area contributed by atoms with Gasteiger partial charge < -0.3 is 25.2 Å². The Labute approximate surface area is 313 Å². The second-order valence-corrected chi connectivity index (χ2v) is 15.1. The van der Waals surface area contributed by atoms with Crippen LogP contribution in [0.5, 0.6) is 0 Å². The van der Waals surface area contributed by atoms with Crippen LogP contribution in [0.3, 0.4) is 0 Å². The zero-order valence-electron chi connectivity index (χ0n) is 28.7. The van der Waals surface area contributed by atoms with E-state index in [2.05, 4.69) is 20.5 Å². The highest BCUT2D eigenvalue weighted by molar-refractivity contribution is 7.18. The van der Waals surface area contributed by atoms with Crippen LogP contribution < -0.4 is 20.4 Å². The Morgan fingerprint density at radius 3 is 2.38 bits per heavy atom. The predicted molar refractivity (Wildman–Crippen MR) is 203 cm³/mol. The summed E-state index contributed by atoms with van der Waals surface area (Å²) < 4.78 is 34.1. The molecule has 0 unspecified atom stereocenters. The summed E-state index contributed by atoms with van der Waals surface area (Å²) in [6, 6.07) is 19.3. The number of hydrogen-bond acceptors (Lipinski definition) is 7. The predicted octanol–water partition coefficient (Wildman–Crippen LogP) is 8.37. The van der Waals surface area contributed by atoms with Crippen molar-refractivity contribution in [2.24, 2.45) is 5.41 Å². The van der Waals surface area contributed by atoms with Gasteiger partial charge in [-0.3, -0.25) is 14.4 Å². The molecule has 0 saturated carbocycles. The number of nitrogens with one attached hydrogen (secondary N) is 2. The highest BCUT2D eigenvalue weighted by Gasteiger charge is 2.45. The summed E-state index contributed by atoms with van der Waals surface area (Å²) >= 11 is 7.87. The fraction of sp³-hybridized carbons (Fsp3) is 0.250. The van der Waals surface area contributed by atoms with E-state index in [1.165, 1.54) is 6.07 Å². The van der Waals surface area contributed by atoms with Gasteiger partial charge in [-0.05, 0) is 85.8 Å². The fourth-order valence-corrected chi connectivity index (χ4v) is 8.96. The molecule has 8 rings (SSSR count). The van der Waals surface area contributed by atoms with Crippen molar-refractivity contribution in [2.45, 2.75) is 26.2 Å². The molecule has 0 atom stereocenters. The summed E-state index contributed by atoms with van der Waals surface area (Å²) in [5, 5.41) is 5.48. The van der Waals surface area contributed by atoms with Crippen LogP contribution in [0, 0.1) is 24.0 Å². The lowest BCUT2D eigenvalue weighted by molar-refractivity contribution is -0.000511. The number of aryl methyl sites for hydroxylation is 1. The monoisotopic (exact) mass is 753 g/mol. The molecule has 5 aromatic rings. The van der Waals surface area contributed by atoms with Crippen molar-refractivity contribution >= 4 is 63.5 Å². The van der Waals surface area contributed by atoms with Gasteiger partial charge in [0, 0.05) is 66.2 Å². The first kappa shape index (κ1) is 34.9. The Morgan fingerprint density at radius 2 is 1.64 bits per heavy atom. The van der Waals surface area contributed by atoms with Crippen LogP contribution >= 0.6 is 22.9 Å². The molecule has 3 aliphatic rings. The average molecular weight is 754 g/mol. The zero-order chi connectivity index (χ0) is 36.9. The standard InChI is InChI=1S/C40H34ClF2N5O4S/c1-23-19-28(36(44-20-23)47-21-40(22-47)14-17-52-18-15-40)37(49)45-25-11-9-24(10-12-25)39(51)48-16-13-27-32(41)35(53-34(27)26-5-2-3-8-31(26)48)38(50)46-33-29(42)6-4-7-30(33)43/h2-12,19-20H,13-18,21-22H2,1H3,(H,45,49)(H,46,50). The van der Waals surface area contributed by atoms with E-state index >= 15 is 0 Å². The molecule has 270 valence electrons. The van der Waals surface area contributed by atoms with Gasteiger partial charge in [-0.1, -0.05) is 35.9 Å². The highest BCUT2D eigenvalue weighted by atomic mass is 35.5. The van der Waals surface area contributed by atoms with Crippen molar-refractivity contribution in [3.05, 3.63) is 123 Å². The Hall–Kier alpha value is -5.17. The highest BCUT2D eigenvalue weighted by Crippen LogP contribution is 2.46. The molecule has 5 heterocycles. The summed E-state index contributed by atoms with van der Waals surface area (Å²) in [5.41, 5.74) is 4.01. The number of carbonyl (C=O) groups excluding carboxylic acids is 3. The van der Waals surface area contributed by atoms with E-state index in [1.807, 2.05) is 37.3 Å². The van der Waals surface area contributed by atoms with Crippen LogP contribution in [-0.2, 0) is 11.2 Å². The topological polar surface area (TPSA) is 104 Å². The lowest BCUT2D eigenvalue weighted by Gasteiger charge is -2.53. The molecule has 9 nitrogen and oxygen atoms in total. The second kappa shape index (κ2) is 14.0. The van der Waals surface area contributed by atoms with Crippen LogP contribution in [0.1, 0.15) is 54.4 Å². The van der Waals surface area contributed by atoms with Crippen molar-refractivity contribution in [1.82, 2.24) is 4.98 Å². The number of hydrogen-bond donors (Lipinski definition) is 2. The minimum Gasteiger partial charge on any atom is -0.381 e. The fourth-order valence-electron chi connectivity index (χ4n) is 7.34. The zero-order valence-corrected chi connectivity index (χ0v) is 30.3. The summed E-state index contributed by atoms with van der Waals surface area (Å²) in [4.78, 5) is 50.1. The molecule has 13 heteroatoms. The van der Waals surface area contributed by atoms with Gasteiger partial charge in [0.05, 0.1) is 16.3 Å². The van der Waals surface area contributed by atoms with E-state index < -0.39 is 23.2 Å². The van der Waals surface area contributed by atoms with Crippen LogP contribution in [-0.4, -0.2) is 55.6 Å². The average Bonchev–Trinajstić information content (AvgIpc) is 3.38. The molecule has 2 aromatic heterocycles. The first-order valence-electron chi connectivity index (χ1n) is 17.3. The number of anilines is 4. The molecule has 0 aliphatic carbocycles. The summed E-state index contributed by atoms with van der Waals surface area (Å²) in [7, 11) is 0. The van der Waals surface area contributed by atoms with Gasteiger partial charge in [0.2, 0.25) is 0 Å². The molecular weight excluding hydrogens is 720 g/mol. The number of ether oxygens (including phenoxy) is 1. The van der Waals surface area contributed by atoms with Crippen molar-refractivity contribution in [2.75, 3.05) is 53.3 Å². The molecule has 0 radical (unpaired) electrons. The Morgan fingerprint density at radius 1 is 0.925 bits per heavy atom. The van der Waals surface area contributed by atoms with Gasteiger partial charge >= 0.3 is 0 Å². The number of carbonyl (C=O) groups is 3. The van der Waals surface area contributed by atoms with E-state index in [1.54, 1.807) is 35.4 Å². The van der Waals surface area contributed by atoms with Crippen LogP contribution in [0.15, 0.2) is 79.0 Å². The van der Waals surface area contributed by atoms with E-state index in [9.17, 15) is 23.2 Å². The van der Waals surface area contributed by atoms with Crippen LogP contribution in [0.4, 0.5) is 31.7 Å². The quantitative estimate of drug-likeness (QED) is 0.181. The number of para-hydroxylation sites is 2. The maximum absolute atomic E-state index is 14.3. The molecule has 1 spiro atoms. The van der Waals surface area contributed by atoms with E-state index in [0.29, 0.717) is 50.7 Å². The number of fused-ring (bicyclic) bond motifs is 3. The smallest absolute Gasteiger partial charge is 0.267 e. The van der Waals surface area contributed by atoms with Crippen molar-refractivity contribution in [3.8, 4) is 10.4 Å². The summed E-state index contributed by atoms with van der Waals surface area (Å²) in [5.74, 6) is -2.39. The van der Waals surface area contributed by atoms with Crippen LogP contribution in [0.2, 0.25) is 5.02 Å². The maximum atomic E-state index is 14.3. The lowest BCUT2D eigenvalue weighted by atomic mass is 9.73. The number of rotatable bonds is 6. The van der Waals surface area contributed by atoms with Crippen molar-refractivity contribution in [3.63, 3.8) is 0 Å². The van der Waals surface area contributed by atoms with Crippen molar-refractivity contribution in [1.29, 1.82) is 0 Å². The minimum absolute atomic E-state index is 0.119. The second-order valence-electron chi connectivity index (χ2n) is 13.7. The lowest BCUT2D eigenvalue weighted by Crippen LogP contribution is -2.59. The Kier molecular flexibility index (Phi) is 9.21. The van der Waals surface area contributed by atoms with Gasteiger partial charge in [-0.15, -0.1) is 11.3 Å². The first-order chi connectivity index (χ1) is 25.6. The molecule has 2 fully saturated rings. The number of aromatic nitrogens is 1. The molecule has 2 saturated heterocycles. The molecular formula is C40H34ClF2N5O4S. The Balaban J connectivity index is 0.991. The van der Waals surface area contributed by atoms with Gasteiger partial charge in [0.15, 0.2) is 0 Å². The molecule has 53 heavy (non-hydrogen) atoms. The molecule has 0 bridgehead atoms.